The molecular formula is C19H21N3O3. The summed E-state index contributed by atoms with van der Waals surface area (Å²) in [5, 5.41) is 6.19. The fourth-order valence-electron chi connectivity index (χ4n) is 2.75. The number of oxazole rings is 1. The summed E-state index contributed by atoms with van der Waals surface area (Å²) in [7, 11) is 1.67. The minimum atomic E-state index is -0.391. The number of rotatable bonds is 5. The van der Waals surface area contributed by atoms with Gasteiger partial charge in [-0.15, -0.1) is 0 Å². The van der Waals surface area contributed by atoms with Gasteiger partial charge >= 0.3 is 5.76 Å². The van der Waals surface area contributed by atoms with Gasteiger partial charge in [-0.2, -0.15) is 0 Å². The molecule has 3 aromatic rings. The number of amides is 1. The SMILES string of the molecule is Cc1ccccc1NC(=O)C[C@@H](C)Nc1ccc2c(c1)oc(=O)n2C. The first kappa shape index (κ1) is 16.8. The molecule has 0 spiro atoms. The number of nitrogens with one attached hydrogen (secondary N) is 2. The number of carbonyl (C=O) groups excluding carboxylic acids is 1. The Morgan fingerprint density at radius 1 is 1.24 bits per heavy atom. The minimum absolute atomic E-state index is 0.0541. The topological polar surface area (TPSA) is 76.3 Å². The lowest BCUT2D eigenvalue weighted by atomic mass is 10.1. The summed E-state index contributed by atoms with van der Waals surface area (Å²) in [6.45, 7) is 3.89. The van der Waals surface area contributed by atoms with Gasteiger partial charge in [0.2, 0.25) is 5.91 Å². The fraction of sp³-hybridized carbons (Fsp3) is 0.263. The fourth-order valence-corrected chi connectivity index (χ4v) is 2.75. The van der Waals surface area contributed by atoms with Crippen LogP contribution in [0.5, 0.6) is 0 Å². The smallest absolute Gasteiger partial charge is 0.408 e. The molecule has 25 heavy (non-hydrogen) atoms. The monoisotopic (exact) mass is 339 g/mol. The van der Waals surface area contributed by atoms with Crippen molar-refractivity contribution >= 4 is 28.4 Å². The first-order chi connectivity index (χ1) is 11.9. The maximum absolute atomic E-state index is 12.2. The molecule has 6 nitrogen and oxygen atoms in total. The average molecular weight is 339 g/mol. The van der Waals surface area contributed by atoms with E-state index in [9.17, 15) is 9.59 Å². The highest BCUT2D eigenvalue weighted by Crippen LogP contribution is 2.19. The Bertz CT molecular complexity index is 971. The standard InChI is InChI=1S/C19H21N3O3/c1-12-6-4-5-7-15(12)21-18(23)10-13(2)20-14-8-9-16-17(11-14)25-19(24)22(16)3/h4-9,11,13,20H,10H2,1-3H3,(H,21,23)/t13-/m1/s1. The van der Waals surface area contributed by atoms with Gasteiger partial charge in [0, 0.05) is 37.0 Å². The number of nitrogens with zero attached hydrogens (tertiary/aromatic N) is 1. The highest BCUT2D eigenvalue weighted by atomic mass is 16.4. The van der Waals surface area contributed by atoms with Gasteiger partial charge in [-0.25, -0.2) is 4.79 Å². The lowest BCUT2D eigenvalue weighted by Gasteiger charge is -2.15. The van der Waals surface area contributed by atoms with Crippen molar-refractivity contribution in [3.8, 4) is 0 Å². The summed E-state index contributed by atoms with van der Waals surface area (Å²) < 4.78 is 6.64. The molecule has 0 bridgehead atoms. The van der Waals surface area contributed by atoms with Crippen LogP contribution in [0.3, 0.4) is 0 Å². The molecule has 1 heterocycles. The molecule has 0 saturated carbocycles. The Kier molecular flexibility index (Phi) is 4.61. The first-order valence-electron chi connectivity index (χ1n) is 8.15. The van der Waals surface area contributed by atoms with Gasteiger partial charge in [-0.3, -0.25) is 9.36 Å². The van der Waals surface area contributed by atoms with E-state index in [1.54, 1.807) is 13.1 Å². The van der Waals surface area contributed by atoms with Crippen molar-refractivity contribution in [2.45, 2.75) is 26.3 Å². The number of aromatic nitrogens is 1. The minimum Gasteiger partial charge on any atom is -0.408 e. The predicted molar refractivity (Wildman–Crippen MR) is 99.0 cm³/mol. The molecular weight excluding hydrogens is 318 g/mol. The zero-order valence-electron chi connectivity index (χ0n) is 14.5. The van der Waals surface area contributed by atoms with Crippen LogP contribution < -0.4 is 16.4 Å². The van der Waals surface area contributed by atoms with Gasteiger partial charge in [0.05, 0.1) is 5.52 Å². The summed E-state index contributed by atoms with van der Waals surface area (Å²) in [5.41, 5.74) is 3.92. The molecule has 2 N–H and O–H groups in total. The largest absolute Gasteiger partial charge is 0.419 e. The Morgan fingerprint density at radius 3 is 2.76 bits per heavy atom. The van der Waals surface area contributed by atoms with Crippen LogP contribution >= 0.6 is 0 Å². The molecule has 0 aliphatic carbocycles. The van der Waals surface area contributed by atoms with Crippen LogP contribution in [0, 0.1) is 6.92 Å². The van der Waals surface area contributed by atoms with E-state index in [-0.39, 0.29) is 11.9 Å². The molecule has 0 aliphatic heterocycles. The molecule has 0 fully saturated rings. The van der Waals surface area contributed by atoms with E-state index < -0.39 is 5.76 Å². The number of benzene rings is 2. The number of fused-ring (bicyclic) bond motifs is 1. The highest BCUT2D eigenvalue weighted by molar-refractivity contribution is 5.92. The average Bonchev–Trinajstić information content (AvgIpc) is 2.83. The van der Waals surface area contributed by atoms with E-state index in [2.05, 4.69) is 10.6 Å². The molecule has 0 unspecified atom stereocenters. The van der Waals surface area contributed by atoms with Crippen molar-refractivity contribution in [3.63, 3.8) is 0 Å². The quantitative estimate of drug-likeness (QED) is 0.748. The zero-order valence-corrected chi connectivity index (χ0v) is 14.5. The third kappa shape index (κ3) is 3.74. The van der Waals surface area contributed by atoms with Crippen LogP contribution in [-0.2, 0) is 11.8 Å². The second-order valence-electron chi connectivity index (χ2n) is 6.22. The van der Waals surface area contributed by atoms with Crippen molar-refractivity contribution in [3.05, 3.63) is 58.6 Å². The molecule has 1 amide bonds. The number of para-hydroxylation sites is 1. The molecule has 1 atom stereocenters. The second-order valence-corrected chi connectivity index (χ2v) is 6.22. The maximum atomic E-state index is 12.2. The van der Waals surface area contributed by atoms with E-state index in [1.165, 1.54) is 4.57 Å². The van der Waals surface area contributed by atoms with Crippen LogP contribution in [-0.4, -0.2) is 16.5 Å². The maximum Gasteiger partial charge on any atom is 0.419 e. The van der Waals surface area contributed by atoms with Crippen LogP contribution in [0.4, 0.5) is 11.4 Å². The molecule has 6 heteroatoms. The van der Waals surface area contributed by atoms with Gasteiger partial charge in [-0.1, -0.05) is 18.2 Å². The zero-order chi connectivity index (χ0) is 18.0. The predicted octanol–water partition coefficient (Wildman–Crippen LogP) is 3.27. The van der Waals surface area contributed by atoms with Gasteiger partial charge in [-0.05, 0) is 37.6 Å². The molecule has 0 radical (unpaired) electrons. The normalized spacial score (nSPS) is 12.1. The van der Waals surface area contributed by atoms with E-state index in [1.807, 2.05) is 50.2 Å². The van der Waals surface area contributed by atoms with Gasteiger partial charge in [0.1, 0.15) is 0 Å². The van der Waals surface area contributed by atoms with Crippen LogP contribution in [0.1, 0.15) is 18.9 Å². The van der Waals surface area contributed by atoms with E-state index in [0.29, 0.717) is 12.0 Å². The highest BCUT2D eigenvalue weighted by Gasteiger charge is 2.12. The summed E-state index contributed by atoms with van der Waals surface area (Å²) in [6.07, 6.45) is 0.325. The van der Waals surface area contributed by atoms with Gasteiger partial charge in [0.25, 0.3) is 0 Å². The Balaban J connectivity index is 1.64. The molecule has 0 saturated heterocycles. The molecule has 130 valence electrons. The van der Waals surface area contributed by atoms with E-state index >= 15 is 0 Å². The first-order valence-corrected chi connectivity index (χ1v) is 8.15. The van der Waals surface area contributed by atoms with Crippen molar-refractivity contribution in [2.75, 3.05) is 10.6 Å². The van der Waals surface area contributed by atoms with Crippen LogP contribution in [0.15, 0.2) is 51.7 Å². The van der Waals surface area contributed by atoms with E-state index in [4.69, 9.17) is 4.42 Å². The lowest BCUT2D eigenvalue weighted by molar-refractivity contribution is -0.116. The number of anilines is 2. The molecule has 0 aliphatic rings. The van der Waals surface area contributed by atoms with Crippen LogP contribution in [0.25, 0.3) is 11.1 Å². The third-order valence-electron chi connectivity index (χ3n) is 4.12. The Hall–Kier alpha value is -3.02. The molecule has 3 rings (SSSR count). The number of hydrogen-bond donors (Lipinski definition) is 2. The van der Waals surface area contributed by atoms with Gasteiger partial charge < -0.3 is 15.1 Å². The Morgan fingerprint density at radius 2 is 2.00 bits per heavy atom. The third-order valence-corrected chi connectivity index (χ3v) is 4.12. The summed E-state index contributed by atoms with van der Waals surface area (Å²) in [4.78, 5) is 23.8. The van der Waals surface area contributed by atoms with Crippen molar-refractivity contribution in [2.24, 2.45) is 7.05 Å². The van der Waals surface area contributed by atoms with E-state index in [0.717, 1.165) is 22.5 Å². The van der Waals surface area contributed by atoms with Gasteiger partial charge in [0.15, 0.2) is 5.58 Å². The van der Waals surface area contributed by atoms with Crippen molar-refractivity contribution in [1.29, 1.82) is 0 Å². The number of carbonyl (C=O) groups is 1. The molecule has 1 aromatic heterocycles. The van der Waals surface area contributed by atoms with Crippen molar-refractivity contribution in [1.82, 2.24) is 4.57 Å². The lowest BCUT2D eigenvalue weighted by Crippen LogP contribution is -2.24. The second kappa shape index (κ2) is 6.84. The summed E-state index contributed by atoms with van der Waals surface area (Å²) in [5.74, 6) is -0.445. The summed E-state index contributed by atoms with van der Waals surface area (Å²) in [6, 6.07) is 13.1. The van der Waals surface area contributed by atoms with Crippen molar-refractivity contribution < 1.29 is 9.21 Å². The van der Waals surface area contributed by atoms with Crippen LogP contribution in [0.2, 0.25) is 0 Å². The number of hydrogen-bond acceptors (Lipinski definition) is 4. The summed E-state index contributed by atoms with van der Waals surface area (Å²) >= 11 is 0. The Labute approximate surface area is 145 Å². The molecule has 2 aromatic carbocycles. The number of aryl methyl sites for hydroxylation is 2.